The highest BCUT2D eigenvalue weighted by Crippen LogP contribution is 2.25. The largest absolute Gasteiger partial charge is 0.396 e. The highest BCUT2D eigenvalue weighted by molar-refractivity contribution is 7.99. The van der Waals surface area contributed by atoms with Crippen LogP contribution >= 0.6 is 11.8 Å². The van der Waals surface area contributed by atoms with Crippen molar-refractivity contribution in [3.63, 3.8) is 0 Å². The number of nitrogens with zero attached hydrogens (tertiary/aromatic N) is 3. The van der Waals surface area contributed by atoms with Gasteiger partial charge in [0.25, 0.3) is 0 Å². The first-order chi connectivity index (χ1) is 7.58. The number of anilines is 2. The van der Waals surface area contributed by atoms with Crippen LogP contribution < -0.4 is 17.2 Å². The second-order valence-corrected chi connectivity index (χ2v) is 4.08. The first kappa shape index (κ1) is 10.6. The van der Waals surface area contributed by atoms with E-state index in [1.54, 1.807) is 19.2 Å². The van der Waals surface area contributed by atoms with Gasteiger partial charge < -0.3 is 11.5 Å². The second-order valence-electron chi connectivity index (χ2n) is 3.10. The molecule has 0 saturated carbocycles. The van der Waals surface area contributed by atoms with Crippen LogP contribution in [0.1, 0.15) is 0 Å². The summed E-state index contributed by atoms with van der Waals surface area (Å²) in [5, 5.41) is 7.32. The van der Waals surface area contributed by atoms with E-state index in [2.05, 4.69) is 15.2 Å². The number of nitrogens with two attached hydrogens (primary N) is 2. The lowest BCUT2D eigenvalue weighted by molar-refractivity contribution is 0.765. The van der Waals surface area contributed by atoms with Gasteiger partial charge in [-0.2, -0.15) is 0 Å². The van der Waals surface area contributed by atoms with E-state index >= 15 is 0 Å². The zero-order chi connectivity index (χ0) is 11.7. The average Bonchev–Trinajstić information content (AvgIpc) is 2.55. The molecule has 0 unspecified atom stereocenters. The predicted octanol–water partition coefficient (Wildman–Crippen LogP) is -0.181. The van der Waals surface area contributed by atoms with Gasteiger partial charge in [0.1, 0.15) is 10.8 Å². The second kappa shape index (κ2) is 3.89. The minimum Gasteiger partial charge on any atom is -0.396 e. The van der Waals surface area contributed by atoms with Crippen molar-refractivity contribution in [3.8, 4) is 0 Å². The summed E-state index contributed by atoms with van der Waals surface area (Å²) in [6.45, 7) is 0. The molecule has 0 amide bonds. The van der Waals surface area contributed by atoms with E-state index < -0.39 is 0 Å². The van der Waals surface area contributed by atoms with E-state index in [1.807, 2.05) is 0 Å². The summed E-state index contributed by atoms with van der Waals surface area (Å²) in [4.78, 5) is 15.2. The standard InChI is InChI=1S/C8H10N6OS/c1-14-7(15)12-13-8(14)16-5-3-2-4(9)6(10)11-5/h2-3H,9H2,1H3,(H2,10,11)(H,12,15). The van der Waals surface area contributed by atoms with Gasteiger partial charge in [-0.25, -0.2) is 14.9 Å². The molecule has 0 spiro atoms. The highest BCUT2D eigenvalue weighted by atomic mass is 32.2. The molecular formula is C8H10N6OS. The fraction of sp³-hybridized carbons (Fsp3) is 0.125. The minimum absolute atomic E-state index is 0.269. The van der Waals surface area contributed by atoms with E-state index in [-0.39, 0.29) is 11.5 Å². The summed E-state index contributed by atoms with van der Waals surface area (Å²) >= 11 is 1.23. The number of H-pyrrole nitrogens is 1. The molecule has 5 N–H and O–H groups in total. The highest BCUT2D eigenvalue weighted by Gasteiger charge is 2.08. The first-order valence-corrected chi connectivity index (χ1v) is 5.21. The molecule has 0 fully saturated rings. The van der Waals surface area contributed by atoms with Gasteiger partial charge in [0.15, 0.2) is 5.16 Å². The Hall–Kier alpha value is -1.96. The van der Waals surface area contributed by atoms with Crippen LogP contribution in [0.4, 0.5) is 11.5 Å². The van der Waals surface area contributed by atoms with Crippen molar-refractivity contribution in [2.24, 2.45) is 7.05 Å². The zero-order valence-electron chi connectivity index (χ0n) is 8.47. The molecule has 0 aromatic carbocycles. The number of rotatable bonds is 2. The van der Waals surface area contributed by atoms with E-state index in [9.17, 15) is 4.79 Å². The molecule has 2 heterocycles. The number of nitrogens with one attached hydrogen (secondary N) is 1. The maximum atomic E-state index is 11.1. The van der Waals surface area contributed by atoms with Gasteiger partial charge in [0.05, 0.1) is 5.69 Å². The van der Waals surface area contributed by atoms with Crippen molar-refractivity contribution in [1.82, 2.24) is 19.7 Å². The summed E-state index contributed by atoms with van der Waals surface area (Å²) < 4.78 is 1.39. The Morgan fingerprint density at radius 1 is 1.44 bits per heavy atom. The Bertz CT molecular complexity index is 574. The maximum absolute atomic E-state index is 11.1. The molecule has 0 saturated heterocycles. The molecular weight excluding hydrogens is 228 g/mol. The predicted molar refractivity (Wildman–Crippen MR) is 61.0 cm³/mol. The molecule has 0 aliphatic heterocycles. The summed E-state index contributed by atoms with van der Waals surface area (Å²) in [6.07, 6.45) is 0. The number of aromatic amines is 1. The third-order valence-electron chi connectivity index (χ3n) is 1.97. The minimum atomic E-state index is -0.272. The molecule has 0 atom stereocenters. The fourth-order valence-corrected chi connectivity index (χ4v) is 1.82. The molecule has 84 valence electrons. The van der Waals surface area contributed by atoms with Crippen molar-refractivity contribution in [2.45, 2.75) is 10.2 Å². The quantitative estimate of drug-likeness (QED) is 0.668. The van der Waals surface area contributed by atoms with Gasteiger partial charge >= 0.3 is 5.69 Å². The van der Waals surface area contributed by atoms with Crippen LogP contribution in [0, 0.1) is 0 Å². The van der Waals surface area contributed by atoms with Crippen LogP contribution in [0.3, 0.4) is 0 Å². The summed E-state index contributed by atoms with van der Waals surface area (Å²) in [7, 11) is 1.62. The van der Waals surface area contributed by atoms with Gasteiger partial charge in [-0.1, -0.05) is 0 Å². The van der Waals surface area contributed by atoms with E-state index in [1.165, 1.54) is 16.3 Å². The molecule has 2 aromatic heterocycles. The molecule has 2 rings (SSSR count). The monoisotopic (exact) mass is 238 g/mol. The Balaban J connectivity index is 2.31. The lowest BCUT2D eigenvalue weighted by atomic mass is 10.4. The van der Waals surface area contributed by atoms with Gasteiger partial charge in [0, 0.05) is 7.05 Å². The lowest BCUT2D eigenvalue weighted by Crippen LogP contribution is -2.12. The van der Waals surface area contributed by atoms with Crippen molar-refractivity contribution in [3.05, 3.63) is 22.6 Å². The molecule has 16 heavy (non-hydrogen) atoms. The molecule has 2 aromatic rings. The smallest absolute Gasteiger partial charge is 0.343 e. The van der Waals surface area contributed by atoms with Gasteiger partial charge in [-0.05, 0) is 23.9 Å². The number of pyridine rings is 1. The fourth-order valence-electron chi connectivity index (χ4n) is 1.04. The third-order valence-corrected chi connectivity index (χ3v) is 2.95. The SMILES string of the molecule is Cn1c(Sc2ccc(N)c(N)n2)n[nH]c1=O. The summed E-state index contributed by atoms with van der Waals surface area (Å²) in [5.41, 5.74) is 11.3. The molecule has 8 heteroatoms. The Labute approximate surface area is 94.9 Å². The number of hydrogen-bond donors (Lipinski definition) is 3. The van der Waals surface area contributed by atoms with Crippen LogP contribution in [0.25, 0.3) is 0 Å². The summed E-state index contributed by atoms with van der Waals surface area (Å²) in [5.74, 6) is 0.269. The topological polar surface area (TPSA) is 116 Å². The number of nitrogen functional groups attached to an aromatic ring is 2. The van der Waals surface area contributed by atoms with E-state index in [0.29, 0.717) is 15.9 Å². The van der Waals surface area contributed by atoms with E-state index in [4.69, 9.17) is 11.5 Å². The zero-order valence-corrected chi connectivity index (χ0v) is 9.28. The van der Waals surface area contributed by atoms with Crippen LogP contribution in [-0.2, 0) is 7.05 Å². The van der Waals surface area contributed by atoms with E-state index in [0.717, 1.165) is 0 Å². The molecule has 0 aliphatic carbocycles. The number of aromatic nitrogens is 4. The van der Waals surface area contributed by atoms with Crippen LogP contribution in [-0.4, -0.2) is 19.7 Å². The van der Waals surface area contributed by atoms with Crippen molar-refractivity contribution < 1.29 is 0 Å². The molecule has 0 bridgehead atoms. The number of hydrogen-bond acceptors (Lipinski definition) is 6. The Morgan fingerprint density at radius 3 is 2.75 bits per heavy atom. The first-order valence-electron chi connectivity index (χ1n) is 4.39. The van der Waals surface area contributed by atoms with Gasteiger partial charge in [-0.15, -0.1) is 5.10 Å². The summed E-state index contributed by atoms with van der Waals surface area (Å²) in [6, 6.07) is 3.38. The lowest BCUT2D eigenvalue weighted by Gasteiger charge is -2.02. The van der Waals surface area contributed by atoms with Crippen molar-refractivity contribution in [1.29, 1.82) is 0 Å². The van der Waals surface area contributed by atoms with Gasteiger partial charge in [-0.3, -0.25) is 4.57 Å². The van der Waals surface area contributed by atoms with Crippen molar-refractivity contribution in [2.75, 3.05) is 11.5 Å². The van der Waals surface area contributed by atoms with Crippen LogP contribution in [0.5, 0.6) is 0 Å². The average molecular weight is 238 g/mol. The van der Waals surface area contributed by atoms with Crippen LogP contribution in [0.15, 0.2) is 27.1 Å². The molecule has 0 aliphatic rings. The van der Waals surface area contributed by atoms with Crippen molar-refractivity contribution >= 4 is 23.3 Å². The maximum Gasteiger partial charge on any atom is 0.343 e. The molecule has 7 nitrogen and oxygen atoms in total. The Kier molecular flexibility index (Phi) is 2.57. The normalized spacial score (nSPS) is 10.6. The molecule has 0 radical (unpaired) electrons. The Morgan fingerprint density at radius 2 is 2.19 bits per heavy atom. The third kappa shape index (κ3) is 1.87. The van der Waals surface area contributed by atoms with Gasteiger partial charge in [0.2, 0.25) is 0 Å². The van der Waals surface area contributed by atoms with Crippen LogP contribution in [0.2, 0.25) is 0 Å².